The van der Waals surface area contributed by atoms with Crippen molar-refractivity contribution in [3.63, 3.8) is 0 Å². The van der Waals surface area contributed by atoms with Crippen LogP contribution in [0.1, 0.15) is 34.1 Å². The maximum Gasteiger partial charge on any atom is 0.323 e. The molecule has 0 bridgehead atoms. The van der Waals surface area contributed by atoms with Crippen LogP contribution in [0.4, 0.5) is 0 Å². The van der Waals surface area contributed by atoms with Crippen molar-refractivity contribution in [3.05, 3.63) is 11.6 Å². The van der Waals surface area contributed by atoms with Gasteiger partial charge < -0.3 is 10.0 Å². The Morgan fingerprint density at radius 3 is 2.27 bits per heavy atom. The summed E-state index contributed by atoms with van der Waals surface area (Å²) in [6.45, 7) is 7.02. The fraction of sp³-hybridized carbons (Fsp3) is 0.636. The standard InChI is InChI=1S/C11H19NO3/c1-5-6-9(4)11(15)12(8(2)3)7-10(13)14/h6,8H,5,7H2,1-4H3,(H,13,14)/b9-6+. The molecule has 0 saturated carbocycles. The van der Waals surface area contributed by atoms with Gasteiger partial charge in [-0.2, -0.15) is 0 Å². The lowest BCUT2D eigenvalue weighted by Crippen LogP contribution is -2.41. The molecule has 0 saturated heterocycles. The highest BCUT2D eigenvalue weighted by molar-refractivity contribution is 5.94. The van der Waals surface area contributed by atoms with Gasteiger partial charge in [0, 0.05) is 11.6 Å². The molecule has 15 heavy (non-hydrogen) atoms. The van der Waals surface area contributed by atoms with Gasteiger partial charge in [-0.25, -0.2) is 0 Å². The average molecular weight is 213 g/mol. The number of aliphatic carboxylic acids is 1. The first-order valence-electron chi connectivity index (χ1n) is 5.09. The Bertz CT molecular complexity index is 269. The van der Waals surface area contributed by atoms with Gasteiger partial charge in [0.2, 0.25) is 5.91 Å². The van der Waals surface area contributed by atoms with Crippen molar-refractivity contribution >= 4 is 11.9 Å². The fourth-order valence-electron chi connectivity index (χ4n) is 1.25. The maximum atomic E-state index is 11.8. The smallest absolute Gasteiger partial charge is 0.323 e. The van der Waals surface area contributed by atoms with Crippen LogP contribution >= 0.6 is 0 Å². The zero-order valence-electron chi connectivity index (χ0n) is 9.78. The molecule has 0 atom stereocenters. The molecule has 0 spiro atoms. The molecule has 0 aromatic carbocycles. The highest BCUT2D eigenvalue weighted by atomic mass is 16.4. The van der Waals surface area contributed by atoms with Crippen molar-refractivity contribution in [2.24, 2.45) is 0 Å². The third kappa shape index (κ3) is 4.63. The van der Waals surface area contributed by atoms with E-state index in [0.717, 1.165) is 6.42 Å². The van der Waals surface area contributed by atoms with Crippen molar-refractivity contribution in [3.8, 4) is 0 Å². The predicted molar refractivity (Wildman–Crippen MR) is 58.5 cm³/mol. The van der Waals surface area contributed by atoms with Gasteiger partial charge in [-0.05, 0) is 27.2 Å². The number of carboxylic acid groups (broad SMARTS) is 1. The number of carbonyl (C=O) groups excluding carboxylic acids is 1. The van der Waals surface area contributed by atoms with E-state index in [9.17, 15) is 9.59 Å². The molecule has 0 fully saturated rings. The van der Waals surface area contributed by atoms with Crippen LogP contribution in [0.3, 0.4) is 0 Å². The molecular weight excluding hydrogens is 194 g/mol. The monoisotopic (exact) mass is 213 g/mol. The maximum absolute atomic E-state index is 11.8. The normalized spacial score (nSPS) is 11.7. The number of nitrogens with zero attached hydrogens (tertiary/aromatic N) is 1. The van der Waals surface area contributed by atoms with Crippen LogP contribution in [0, 0.1) is 0 Å². The Labute approximate surface area is 90.6 Å². The highest BCUT2D eigenvalue weighted by Gasteiger charge is 2.20. The number of hydrogen-bond donors (Lipinski definition) is 1. The second-order valence-electron chi connectivity index (χ2n) is 3.72. The molecule has 4 nitrogen and oxygen atoms in total. The summed E-state index contributed by atoms with van der Waals surface area (Å²) in [6.07, 6.45) is 2.58. The van der Waals surface area contributed by atoms with E-state index in [1.807, 2.05) is 6.92 Å². The number of allylic oxidation sites excluding steroid dienone is 1. The fourth-order valence-corrected chi connectivity index (χ4v) is 1.25. The summed E-state index contributed by atoms with van der Waals surface area (Å²) in [5.41, 5.74) is 0.604. The molecule has 1 amide bonds. The molecule has 0 rings (SSSR count). The molecule has 0 aromatic heterocycles. The van der Waals surface area contributed by atoms with Crippen molar-refractivity contribution < 1.29 is 14.7 Å². The van der Waals surface area contributed by atoms with E-state index >= 15 is 0 Å². The Balaban J connectivity index is 4.70. The Morgan fingerprint density at radius 2 is 1.93 bits per heavy atom. The SMILES string of the molecule is CC/C=C(\C)C(=O)N(CC(=O)O)C(C)C. The first-order valence-corrected chi connectivity index (χ1v) is 5.09. The zero-order chi connectivity index (χ0) is 12.0. The van der Waals surface area contributed by atoms with E-state index in [0.29, 0.717) is 5.57 Å². The van der Waals surface area contributed by atoms with Gasteiger partial charge in [-0.15, -0.1) is 0 Å². The number of amides is 1. The Hall–Kier alpha value is -1.32. The van der Waals surface area contributed by atoms with E-state index in [-0.39, 0.29) is 18.5 Å². The van der Waals surface area contributed by atoms with Crippen LogP contribution in [-0.4, -0.2) is 34.5 Å². The Kier molecular flexibility index (Phi) is 5.67. The van der Waals surface area contributed by atoms with Gasteiger partial charge in [0.15, 0.2) is 0 Å². The minimum Gasteiger partial charge on any atom is -0.480 e. The quantitative estimate of drug-likeness (QED) is 0.707. The first kappa shape index (κ1) is 13.7. The van der Waals surface area contributed by atoms with Crippen molar-refractivity contribution in [1.29, 1.82) is 0 Å². The summed E-state index contributed by atoms with van der Waals surface area (Å²) in [5.74, 6) is -1.18. The number of carbonyl (C=O) groups is 2. The van der Waals surface area contributed by atoms with Crippen LogP contribution < -0.4 is 0 Å². The summed E-state index contributed by atoms with van der Waals surface area (Å²) < 4.78 is 0. The molecule has 1 N–H and O–H groups in total. The topological polar surface area (TPSA) is 57.6 Å². The van der Waals surface area contributed by atoms with Gasteiger partial charge >= 0.3 is 5.97 Å². The molecule has 0 aliphatic carbocycles. The number of rotatable bonds is 5. The molecule has 0 aromatic rings. The molecule has 0 heterocycles. The number of hydrogen-bond acceptors (Lipinski definition) is 2. The molecule has 0 aliphatic heterocycles. The van der Waals surface area contributed by atoms with Gasteiger partial charge in [0.25, 0.3) is 0 Å². The molecule has 0 aliphatic rings. The van der Waals surface area contributed by atoms with Gasteiger partial charge in [-0.3, -0.25) is 9.59 Å². The molecule has 4 heteroatoms. The van der Waals surface area contributed by atoms with E-state index in [2.05, 4.69) is 0 Å². The van der Waals surface area contributed by atoms with Gasteiger partial charge in [-0.1, -0.05) is 13.0 Å². The van der Waals surface area contributed by atoms with Crippen LogP contribution in [-0.2, 0) is 9.59 Å². The first-order chi connectivity index (χ1) is 6.90. The van der Waals surface area contributed by atoms with E-state index in [1.54, 1.807) is 26.8 Å². The zero-order valence-corrected chi connectivity index (χ0v) is 9.78. The van der Waals surface area contributed by atoms with Gasteiger partial charge in [0.05, 0.1) is 0 Å². The van der Waals surface area contributed by atoms with E-state index < -0.39 is 5.97 Å². The molecule has 0 unspecified atom stereocenters. The second-order valence-corrected chi connectivity index (χ2v) is 3.72. The summed E-state index contributed by atoms with van der Waals surface area (Å²) >= 11 is 0. The summed E-state index contributed by atoms with van der Waals surface area (Å²) in [7, 11) is 0. The lowest BCUT2D eigenvalue weighted by Gasteiger charge is -2.25. The third-order valence-corrected chi connectivity index (χ3v) is 2.04. The van der Waals surface area contributed by atoms with Crippen LogP contribution in [0.15, 0.2) is 11.6 Å². The van der Waals surface area contributed by atoms with Crippen molar-refractivity contribution in [2.75, 3.05) is 6.54 Å². The highest BCUT2D eigenvalue weighted by Crippen LogP contribution is 2.06. The minimum atomic E-state index is -0.985. The van der Waals surface area contributed by atoms with Crippen LogP contribution in [0.25, 0.3) is 0 Å². The summed E-state index contributed by atoms with van der Waals surface area (Å²) in [6, 6.07) is -0.103. The minimum absolute atomic E-state index is 0.103. The lowest BCUT2D eigenvalue weighted by atomic mass is 10.2. The van der Waals surface area contributed by atoms with E-state index in [1.165, 1.54) is 4.90 Å². The third-order valence-electron chi connectivity index (χ3n) is 2.04. The summed E-state index contributed by atoms with van der Waals surface area (Å²) in [5, 5.41) is 8.68. The number of carboxylic acids is 1. The van der Waals surface area contributed by atoms with Crippen LogP contribution in [0.2, 0.25) is 0 Å². The molecule has 86 valence electrons. The summed E-state index contributed by atoms with van der Waals surface area (Å²) in [4.78, 5) is 23.7. The van der Waals surface area contributed by atoms with Gasteiger partial charge in [0.1, 0.15) is 6.54 Å². The second kappa shape index (κ2) is 6.22. The molecular formula is C11H19NO3. The average Bonchev–Trinajstić information content (AvgIpc) is 2.12. The predicted octanol–water partition coefficient (Wildman–Crippen LogP) is 1.66. The van der Waals surface area contributed by atoms with Crippen LogP contribution in [0.5, 0.6) is 0 Å². The van der Waals surface area contributed by atoms with Crippen molar-refractivity contribution in [1.82, 2.24) is 4.90 Å². The van der Waals surface area contributed by atoms with Crippen molar-refractivity contribution in [2.45, 2.75) is 40.2 Å². The Morgan fingerprint density at radius 1 is 1.40 bits per heavy atom. The van der Waals surface area contributed by atoms with E-state index in [4.69, 9.17) is 5.11 Å². The lowest BCUT2D eigenvalue weighted by molar-refractivity contribution is -0.144. The molecule has 0 radical (unpaired) electrons. The largest absolute Gasteiger partial charge is 0.480 e.